The van der Waals surface area contributed by atoms with Crippen LogP contribution in [0.4, 0.5) is 17.1 Å². The number of fused-ring (bicyclic) bond motifs is 22. The fraction of sp³-hybridized carbons (Fsp3) is 0.189. The number of hydrogen-bond acceptors (Lipinski definition) is 3. The van der Waals surface area contributed by atoms with Crippen molar-refractivity contribution in [3.05, 3.63) is 238 Å². The molecule has 1 aliphatic heterocycles. The van der Waals surface area contributed by atoms with Crippen molar-refractivity contribution in [1.82, 2.24) is 0 Å². The first kappa shape index (κ1) is 44.9. The highest BCUT2D eigenvalue weighted by molar-refractivity contribution is 6.21. The van der Waals surface area contributed by atoms with Crippen LogP contribution >= 0.6 is 0 Å². The molecule has 0 radical (unpaired) electrons. The molecule has 77 heavy (non-hydrogen) atoms. The summed E-state index contributed by atoms with van der Waals surface area (Å²) in [5.41, 5.74) is 33.2. The van der Waals surface area contributed by atoms with Crippen molar-refractivity contribution in [1.29, 1.82) is 0 Å². The topological polar surface area (TPSA) is 25.6 Å². The third kappa shape index (κ3) is 5.72. The summed E-state index contributed by atoms with van der Waals surface area (Å²) in [5.74, 6) is 0.944. The van der Waals surface area contributed by atoms with Gasteiger partial charge in [-0.2, -0.15) is 0 Å². The Balaban J connectivity index is 0.882. The van der Waals surface area contributed by atoms with Gasteiger partial charge in [0.05, 0.1) is 0 Å². The summed E-state index contributed by atoms with van der Waals surface area (Å²) in [6.45, 7) is 22.1. The summed E-state index contributed by atoms with van der Waals surface area (Å²) in [6.07, 6.45) is 0. The van der Waals surface area contributed by atoms with Gasteiger partial charge in [-0.3, -0.25) is 0 Å². The molecule has 11 aromatic rings. The molecule has 5 aliphatic rings. The molecule has 0 bridgehead atoms. The lowest BCUT2D eigenvalue weighted by Gasteiger charge is -2.32. The van der Waals surface area contributed by atoms with Crippen LogP contribution in [0.2, 0.25) is 0 Å². The number of hydrogen-bond donors (Lipinski definition) is 0. The number of rotatable bonds is 4. The van der Waals surface area contributed by atoms with Crippen molar-refractivity contribution in [3.8, 4) is 72.5 Å². The third-order valence-corrected chi connectivity index (χ3v) is 19.1. The third-order valence-electron chi connectivity index (χ3n) is 19.1. The largest absolute Gasteiger partial charge is 0.488 e. The lowest BCUT2D eigenvalue weighted by atomic mass is 9.72. The molecule has 16 rings (SSSR count). The highest BCUT2D eigenvalue weighted by atomic mass is 16.5. The average Bonchev–Trinajstić information content (AvgIpc) is 4.35. The van der Waals surface area contributed by atoms with Crippen molar-refractivity contribution in [2.45, 2.75) is 90.6 Å². The number of benzene rings is 10. The van der Waals surface area contributed by atoms with Crippen molar-refractivity contribution < 1.29 is 9.15 Å². The SMILES string of the molecule is Cc1cccc(N(c2ccc3c(c2)C(C)(C)c2cc(-c4ccc5c(c4)C(C)(C)c4ccccc4-5)c4c(c2-3)-c2ccccc2OC4)c2ccc3c(c2)C(C)(C)c2c4c(c5c(oc6ccccc65)c2-3)-c2ccccc2C4(C)C)c1. The van der Waals surface area contributed by atoms with E-state index in [1.807, 2.05) is 0 Å². The fourth-order valence-electron chi connectivity index (χ4n) is 15.4. The molecular weight excluding hydrogens is 935 g/mol. The zero-order valence-electron chi connectivity index (χ0n) is 45.3. The number of ether oxygens (including phenoxy) is 1. The Morgan fingerprint density at radius 2 is 0.948 bits per heavy atom. The van der Waals surface area contributed by atoms with Gasteiger partial charge >= 0.3 is 0 Å². The smallest absolute Gasteiger partial charge is 0.144 e. The molecule has 0 N–H and O–H groups in total. The maximum atomic E-state index is 7.08. The second-order valence-electron chi connectivity index (χ2n) is 24.8. The minimum atomic E-state index is -0.341. The lowest BCUT2D eigenvalue weighted by molar-refractivity contribution is 0.303. The van der Waals surface area contributed by atoms with E-state index >= 15 is 0 Å². The lowest BCUT2D eigenvalue weighted by Crippen LogP contribution is -2.24. The van der Waals surface area contributed by atoms with Gasteiger partial charge in [0, 0.05) is 71.7 Å². The Bertz CT molecular complexity index is 4480. The average molecular weight is 994 g/mol. The first-order chi connectivity index (χ1) is 37.1. The molecular formula is C74H59NO2. The number of furan rings is 1. The highest BCUT2D eigenvalue weighted by Crippen LogP contribution is 2.64. The number of aryl methyl sites for hydroxylation is 1. The molecule has 0 saturated carbocycles. The van der Waals surface area contributed by atoms with Gasteiger partial charge in [-0.25, -0.2) is 0 Å². The monoisotopic (exact) mass is 993 g/mol. The summed E-state index contributed by atoms with van der Waals surface area (Å²) in [5, 5.41) is 2.41. The van der Waals surface area contributed by atoms with E-state index in [0.717, 1.165) is 39.5 Å². The van der Waals surface area contributed by atoms with E-state index in [1.165, 1.54) is 128 Å². The molecule has 4 aliphatic carbocycles. The van der Waals surface area contributed by atoms with Crippen LogP contribution in [0.5, 0.6) is 5.75 Å². The molecule has 0 spiro atoms. The zero-order valence-corrected chi connectivity index (χ0v) is 45.3. The summed E-state index contributed by atoms with van der Waals surface area (Å²) >= 11 is 0. The second-order valence-corrected chi connectivity index (χ2v) is 24.8. The number of anilines is 3. The second kappa shape index (κ2) is 15.0. The first-order valence-electron chi connectivity index (χ1n) is 27.6. The van der Waals surface area contributed by atoms with Crippen LogP contribution < -0.4 is 9.64 Å². The van der Waals surface area contributed by atoms with Gasteiger partial charge in [0.15, 0.2) is 0 Å². The summed E-state index contributed by atoms with van der Waals surface area (Å²) in [7, 11) is 0. The highest BCUT2D eigenvalue weighted by Gasteiger charge is 2.49. The van der Waals surface area contributed by atoms with Gasteiger partial charge in [0.25, 0.3) is 0 Å². The molecule has 3 nitrogen and oxygen atoms in total. The fourth-order valence-corrected chi connectivity index (χ4v) is 15.4. The summed E-state index contributed by atoms with van der Waals surface area (Å²) < 4.78 is 13.8. The predicted octanol–water partition coefficient (Wildman–Crippen LogP) is 19.8. The molecule has 0 saturated heterocycles. The molecule has 3 heteroatoms. The van der Waals surface area contributed by atoms with Crippen LogP contribution in [-0.2, 0) is 28.3 Å². The van der Waals surface area contributed by atoms with Gasteiger partial charge in [-0.1, -0.05) is 177 Å². The van der Waals surface area contributed by atoms with Gasteiger partial charge in [0.2, 0.25) is 0 Å². The standard InChI is InChI=1S/C74H59NO2/c1-41-19-18-20-43(35-41)75(45-31-34-50-59(38-45)74(8,9)69-67(50)70-66(52-24-13-17-28-62(52)77-70)65-48-22-11-15-26-56(48)73(6,7)68(65)69)44-30-33-49-58(37-44)72(4,5)60-39-53(54-40-76-61-27-16-12-23-51(61)63(54)64(49)60)42-29-32-47-46-21-10-14-25-55(46)71(2,3)57(47)36-42/h10-39H,40H2,1-9H3. The van der Waals surface area contributed by atoms with Crippen molar-refractivity contribution in [3.63, 3.8) is 0 Å². The molecule has 2 heterocycles. The van der Waals surface area contributed by atoms with E-state index in [4.69, 9.17) is 9.15 Å². The van der Waals surface area contributed by atoms with E-state index in [2.05, 4.69) is 249 Å². The van der Waals surface area contributed by atoms with E-state index in [0.29, 0.717) is 6.61 Å². The van der Waals surface area contributed by atoms with E-state index < -0.39 is 0 Å². The molecule has 0 unspecified atom stereocenters. The zero-order chi connectivity index (χ0) is 52.2. The minimum absolute atomic E-state index is 0.111. The Morgan fingerprint density at radius 1 is 0.390 bits per heavy atom. The Kier molecular flexibility index (Phi) is 8.71. The van der Waals surface area contributed by atoms with E-state index in [1.54, 1.807) is 0 Å². The van der Waals surface area contributed by atoms with E-state index in [9.17, 15) is 0 Å². The van der Waals surface area contributed by atoms with Gasteiger partial charge < -0.3 is 14.1 Å². The van der Waals surface area contributed by atoms with Crippen molar-refractivity contribution >= 4 is 39.0 Å². The minimum Gasteiger partial charge on any atom is -0.488 e. The van der Waals surface area contributed by atoms with Crippen molar-refractivity contribution in [2.24, 2.45) is 0 Å². The number of nitrogens with zero attached hydrogens (tertiary/aromatic N) is 1. The quantitative estimate of drug-likeness (QED) is 0.176. The van der Waals surface area contributed by atoms with E-state index in [-0.39, 0.29) is 21.7 Å². The van der Waals surface area contributed by atoms with Crippen LogP contribution in [0.15, 0.2) is 186 Å². The Hall–Kier alpha value is -8.40. The molecule has 0 amide bonds. The Labute approximate surface area is 451 Å². The normalized spacial score (nSPS) is 16.3. The maximum Gasteiger partial charge on any atom is 0.144 e. The number of para-hydroxylation sites is 2. The predicted molar refractivity (Wildman–Crippen MR) is 319 cm³/mol. The Morgan fingerprint density at radius 3 is 1.71 bits per heavy atom. The molecule has 1 aromatic heterocycles. The van der Waals surface area contributed by atoms with Crippen LogP contribution in [0.25, 0.3) is 88.7 Å². The summed E-state index contributed by atoms with van der Waals surface area (Å²) in [6, 6.07) is 68.6. The van der Waals surface area contributed by atoms with Gasteiger partial charge in [0.1, 0.15) is 23.5 Å². The van der Waals surface area contributed by atoms with Crippen LogP contribution in [0.1, 0.15) is 111 Å². The molecule has 0 atom stereocenters. The molecule has 10 aromatic carbocycles. The van der Waals surface area contributed by atoms with Gasteiger partial charge in [-0.05, 0) is 168 Å². The maximum absolute atomic E-state index is 7.08. The van der Waals surface area contributed by atoms with Crippen molar-refractivity contribution in [2.75, 3.05) is 4.90 Å². The van der Waals surface area contributed by atoms with Crippen LogP contribution in [0, 0.1) is 6.92 Å². The molecule has 372 valence electrons. The molecule has 0 fully saturated rings. The summed E-state index contributed by atoms with van der Waals surface area (Å²) in [4.78, 5) is 2.50. The van der Waals surface area contributed by atoms with Crippen LogP contribution in [-0.4, -0.2) is 0 Å². The van der Waals surface area contributed by atoms with Gasteiger partial charge in [-0.15, -0.1) is 0 Å². The first-order valence-corrected chi connectivity index (χ1v) is 27.6. The van der Waals surface area contributed by atoms with Crippen LogP contribution in [0.3, 0.4) is 0 Å².